The number of ether oxygens (including phenoxy) is 1. The Balaban J connectivity index is 0.000000449. The lowest BCUT2D eigenvalue weighted by Gasteiger charge is -2.20. The number of alkyl halides is 6. The largest absolute Gasteiger partial charge is 0.490 e. The molecule has 2 aromatic rings. The van der Waals surface area contributed by atoms with Crippen LogP contribution in [0.2, 0.25) is 0 Å². The molecule has 0 unspecified atom stereocenters. The fourth-order valence-electron chi connectivity index (χ4n) is 2.77. The zero-order chi connectivity index (χ0) is 29.8. The fourth-order valence-corrected chi connectivity index (χ4v) is 2.77. The van der Waals surface area contributed by atoms with Crippen LogP contribution in [0.3, 0.4) is 0 Å². The Morgan fingerprint density at radius 1 is 1.00 bits per heavy atom. The molecule has 0 bridgehead atoms. The molecule has 2 N–H and O–H groups in total. The number of aryl methyl sites for hydroxylation is 1. The molecule has 0 aliphatic carbocycles. The van der Waals surface area contributed by atoms with Gasteiger partial charge in [0.15, 0.2) is 0 Å². The van der Waals surface area contributed by atoms with Crippen LogP contribution in [0.25, 0.3) is 0 Å². The molecule has 18 heteroatoms. The molecular formula is C21H26F6N6O6. The molecule has 1 aliphatic rings. The van der Waals surface area contributed by atoms with Gasteiger partial charge in [0.1, 0.15) is 5.69 Å². The van der Waals surface area contributed by atoms with Crippen LogP contribution < -0.4 is 0 Å². The van der Waals surface area contributed by atoms with E-state index in [9.17, 15) is 31.1 Å². The predicted octanol–water partition coefficient (Wildman–Crippen LogP) is 2.06. The Kier molecular flexibility index (Phi) is 12.7. The van der Waals surface area contributed by atoms with E-state index in [1.54, 1.807) is 24.5 Å². The molecular weight excluding hydrogens is 546 g/mol. The molecule has 1 aliphatic heterocycles. The maximum Gasteiger partial charge on any atom is 0.490 e. The first-order chi connectivity index (χ1) is 18.0. The van der Waals surface area contributed by atoms with Crippen molar-refractivity contribution in [3.63, 3.8) is 0 Å². The van der Waals surface area contributed by atoms with Gasteiger partial charge in [-0.05, 0) is 32.6 Å². The number of carbonyl (C=O) groups excluding carboxylic acids is 1. The van der Waals surface area contributed by atoms with E-state index in [2.05, 4.69) is 20.2 Å². The van der Waals surface area contributed by atoms with Crippen LogP contribution in [0.5, 0.6) is 0 Å². The van der Waals surface area contributed by atoms with Crippen LogP contribution in [0, 0.1) is 0 Å². The number of aromatic nitrogens is 4. The number of hydrogen-bond acceptors (Lipinski definition) is 8. The first kappa shape index (κ1) is 33.2. The molecule has 39 heavy (non-hydrogen) atoms. The smallest absolute Gasteiger partial charge is 0.475 e. The number of fused-ring (bicyclic) bond motifs is 1. The second-order valence-corrected chi connectivity index (χ2v) is 7.98. The van der Waals surface area contributed by atoms with E-state index in [-0.39, 0.29) is 5.91 Å². The quantitative estimate of drug-likeness (QED) is 0.389. The second-order valence-electron chi connectivity index (χ2n) is 7.98. The Morgan fingerprint density at radius 2 is 1.54 bits per heavy atom. The zero-order valence-corrected chi connectivity index (χ0v) is 20.7. The van der Waals surface area contributed by atoms with Gasteiger partial charge in [0.2, 0.25) is 0 Å². The minimum Gasteiger partial charge on any atom is -0.475 e. The van der Waals surface area contributed by atoms with Gasteiger partial charge in [-0.3, -0.25) is 9.78 Å². The molecule has 3 heterocycles. The van der Waals surface area contributed by atoms with Crippen molar-refractivity contribution < 1.29 is 55.7 Å². The second kappa shape index (κ2) is 15.0. The van der Waals surface area contributed by atoms with Gasteiger partial charge in [0.05, 0.1) is 25.5 Å². The summed E-state index contributed by atoms with van der Waals surface area (Å²) in [6.07, 6.45) is -6.03. The lowest BCUT2D eigenvalue weighted by atomic mass is 10.2. The summed E-state index contributed by atoms with van der Waals surface area (Å²) in [6.45, 7) is 3.88. The van der Waals surface area contributed by atoms with Crippen molar-refractivity contribution in [2.24, 2.45) is 0 Å². The number of amides is 1. The normalized spacial score (nSPS) is 13.3. The summed E-state index contributed by atoms with van der Waals surface area (Å²) in [5.74, 6) is -5.50. The standard InChI is InChI=1S/C17H24N6O2.2C2HF3O2/c1-21(2)10-11-25-13-15-16-12-22(8-3-9-23(16)20-19-15)17(24)14-4-6-18-7-5-14;2*3-2(4,5)1(6)7/h4-7H,3,8-13H2,1-2H3;2*(H,6,7). The summed E-state index contributed by atoms with van der Waals surface area (Å²) in [6, 6.07) is 3.49. The fraction of sp³-hybridized carbons (Fsp3) is 0.524. The number of rotatable bonds is 6. The number of likely N-dealkylation sites (N-methyl/N-ethyl adjacent to an activating group) is 1. The maximum atomic E-state index is 12.7. The number of pyridine rings is 1. The Hall–Kier alpha value is -3.80. The van der Waals surface area contributed by atoms with E-state index < -0.39 is 24.3 Å². The van der Waals surface area contributed by atoms with Crippen molar-refractivity contribution in [2.45, 2.75) is 38.5 Å². The highest BCUT2D eigenvalue weighted by atomic mass is 19.4. The maximum absolute atomic E-state index is 12.7. The van der Waals surface area contributed by atoms with Crippen LogP contribution in [-0.4, -0.2) is 104 Å². The third-order valence-corrected chi connectivity index (χ3v) is 4.68. The Labute approximate surface area is 217 Å². The van der Waals surface area contributed by atoms with Crippen LogP contribution in [0.1, 0.15) is 28.2 Å². The van der Waals surface area contributed by atoms with Gasteiger partial charge in [-0.2, -0.15) is 26.3 Å². The molecule has 0 aromatic carbocycles. The van der Waals surface area contributed by atoms with Gasteiger partial charge in [-0.25, -0.2) is 14.3 Å². The summed E-state index contributed by atoms with van der Waals surface area (Å²) >= 11 is 0. The average molecular weight is 572 g/mol. The molecule has 0 saturated heterocycles. The highest BCUT2D eigenvalue weighted by Crippen LogP contribution is 2.18. The number of carboxylic acids is 2. The molecule has 0 radical (unpaired) electrons. The van der Waals surface area contributed by atoms with Gasteiger partial charge in [-0.15, -0.1) is 5.10 Å². The van der Waals surface area contributed by atoms with E-state index in [0.29, 0.717) is 31.9 Å². The topological polar surface area (TPSA) is 151 Å². The van der Waals surface area contributed by atoms with Crippen molar-refractivity contribution in [3.05, 3.63) is 41.5 Å². The summed E-state index contributed by atoms with van der Waals surface area (Å²) in [4.78, 5) is 38.4. The first-order valence-electron chi connectivity index (χ1n) is 11.0. The molecule has 0 atom stereocenters. The number of aliphatic carboxylic acids is 2. The number of carbonyl (C=O) groups is 3. The molecule has 12 nitrogen and oxygen atoms in total. The lowest BCUT2D eigenvalue weighted by Crippen LogP contribution is -2.31. The van der Waals surface area contributed by atoms with Gasteiger partial charge >= 0.3 is 24.3 Å². The highest BCUT2D eigenvalue weighted by Gasteiger charge is 2.38. The molecule has 2 aromatic heterocycles. The van der Waals surface area contributed by atoms with Gasteiger partial charge in [-0.1, -0.05) is 5.21 Å². The summed E-state index contributed by atoms with van der Waals surface area (Å²) < 4.78 is 71.1. The zero-order valence-electron chi connectivity index (χ0n) is 20.7. The minimum absolute atomic E-state index is 0.0107. The average Bonchev–Trinajstić information content (AvgIpc) is 3.08. The molecule has 1 amide bonds. The first-order valence-corrected chi connectivity index (χ1v) is 11.0. The number of carboxylic acid groups (broad SMARTS) is 2. The molecule has 0 spiro atoms. The number of hydrogen-bond donors (Lipinski definition) is 2. The molecule has 3 rings (SSSR count). The molecule has 218 valence electrons. The van der Waals surface area contributed by atoms with Crippen molar-refractivity contribution in [1.29, 1.82) is 0 Å². The van der Waals surface area contributed by atoms with Crippen LogP contribution >= 0.6 is 0 Å². The third-order valence-electron chi connectivity index (χ3n) is 4.68. The van der Waals surface area contributed by atoms with Crippen LogP contribution in [0.4, 0.5) is 26.3 Å². The van der Waals surface area contributed by atoms with E-state index in [0.717, 1.165) is 30.9 Å². The van der Waals surface area contributed by atoms with Gasteiger partial charge < -0.3 is 24.7 Å². The van der Waals surface area contributed by atoms with E-state index in [1.807, 2.05) is 23.7 Å². The third kappa shape index (κ3) is 12.1. The summed E-state index contributed by atoms with van der Waals surface area (Å²) in [7, 11) is 4.02. The van der Waals surface area contributed by atoms with Crippen molar-refractivity contribution >= 4 is 17.8 Å². The molecule has 0 saturated carbocycles. The van der Waals surface area contributed by atoms with Crippen molar-refractivity contribution in [3.8, 4) is 0 Å². The van der Waals surface area contributed by atoms with Gasteiger partial charge in [0, 0.05) is 37.6 Å². The predicted molar refractivity (Wildman–Crippen MR) is 119 cm³/mol. The van der Waals surface area contributed by atoms with E-state index in [1.165, 1.54) is 0 Å². The molecule has 0 fully saturated rings. The SMILES string of the molecule is CN(C)CCOCc1nnn2c1CN(C(=O)c1ccncc1)CCC2.O=C(O)C(F)(F)F.O=C(O)C(F)(F)F. The minimum atomic E-state index is -5.08. The summed E-state index contributed by atoms with van der Waals surface area (Å²) in [5, 5.41) is 22.7. The highest BCUT2D eigenvalue weighted by molar-refractivity contribution is 5.94. The van der Waals surface area contributed by atoms with Gasteiger partial charge in [0.25, 0.3) is 5.91 Å². The van der Waals surface area contributed by atoms with Crippen LogP contribution in [0.15, 0.2) is 24.5 Å². The Bertz CT molecular complexity index is 1050. The van der Waals surface area contributed by atoms with Crippen molar-refractivity contribution in [1.82, 2.24) is 29.8 Å². The van der Waals surface area contributed by atoms with E-state index in [4.69, 9.17) is 24.5 Å². The summed E-state index contributed by atoms with van der Waals surface area (Å²) in [5.41, 5.74) is 2.43. The van der Waals surface area contributed by atoms with Crippen molar-refractivity contribution in [2.75, 3.05) is 33.8 Å². The van der Waals surface area contributed by atoms with Crippen LogP contribution in [-0.2, 0) is 34.0 Å². The number of halogens is 6. The number of nitrogens with zero attached hydrogens (tertiary/aromatic N) is 6. The Morgan fingerprint density at radius 3 is 2.03 bits per heavy atom. The monoisotopic (exact) mass is 572 g/mol. The van der Waals surface area contributed by atoms with E-state index >= 15 is 0 Å². The lowest BCUT2D eigenvalue weighted by molar-refractivity contribution is -0.193.